The molecule has 2 aromatic heterocycles. The molecule has 2 heterocycles. The fourth-order valence-electron chi connectivity index (χ4n) is 3.60. The number of methoxy groups -OCH3 is 1. The van der Waals surface area contributed by atoms with Crippen molar-refractivity contribution in [2.75, 3.05) is 7.11 Å². The smallest absolute Gasteiger partial charge is 0.254 e. The molecule has 0 saturated heterocycles. The number of nitrogens with zero attached hydrogens (tertiary/aromatic N) is 4. The topological polar surface area (TPSA) is 81.9 Å². The lowest BCUT2D eigenvalue weighted by molar-refractivity contribution is 0.0937. The molecular weight excluding hydrogens is 373 g/mol. The van der Waals surface area contributed by atoms with Crippen LogP contribution in [0.1, 0.15) is 41.7 Å². The molecule has 0 radical (unpaired) electrons. The van der Waals surface area contributed by atoms with E-state index in [4.69, 9.17) is 4.74 Å². The molecule has 8 heteroatoms. The van der Waals surface area contributed by atoms with Crippen LogP contribution in [0.4, 0.5) is 4.39 Å². The van der Waals surface area contributed by atoms with Gasteiger partial charge in [0.1, 0.15) is 0 Å². The van der Waals surface area contributed by atoms with Gasteiger partial charge >= 0.3 is 0 Å². The Morgan fingerprint density at radius 2 is 2.07 bits per heavy atom. The normalized spacial score (nSPS) is 14.2. The van der Waals surface area contributed by atoms with Gasteiger partial charge < -0.3 is 10.1 Å². The van der Waals surface area contributed by atoms with Gasteiger partial charge in [-0.25, -0.2) is 19.0 Å². The molecule has 4 rings (SSSR count). The summed E-state index contributed by atoms with van der Waals surface area (Å²) in [6.07, 6.45) is 7.44. The standard InChI is InChI=1S/C21H22FN5O2/c1-13-16(20(28)25-15-5-3-4-6-15)12-24-27(13)21-23-10-9-18(26-21)14-7-8-19(29-2)17(22)11-14/h7-12,15H,3-6H2,1-2H3,(H,25,28). The van der Waals surface area contributed by atoms with Crippen molar-refractivity contribution in [3.63, 3.8) is 0 Å². The van der Waals surface area contributed by atoms with Crippen molar-refractivity contribution in [1.82, 2.24) is 25.1 Å². The van der Waals surface area contributed by atoms with Crippen molar-refractivity contribution in [2.24, 2.45) is 0 Å². The Morgan fingerprint density at radius 1 is 1.28 bits per heavy atom. The third kappa shape index (κ3) is 3.83. The van der Waals surface area contributed by atoms with E-state index in [-0.39, 0.29) is 17.7 Å². The molecule has 0 unspecified atom stereocenters. The predicted octanol–water partition coefficient (Wildman–Crippen LogP) is 3.46. The summed E-state index contributed by atoms with van der Waals surface area (Å²) >= 11 is 0. The zero-order chi connectivity index (χ0) is 20.4. The number of amides is 1. The average molecular weight is 395 g/mol. The van der Waals surface area contributed by atoms with E-state index in [1.807, 2.05) is 0 Å². The van der Waals surface area contributed by atoms with Crippen LogP contribution < -0.4 is 10.1 Å². The maximum atomic E-state index is 14.1. The summed E-state index contributed by atoms with van der Waals surface area (Å²) in [5.41, 5.74) is 2.29. The number of rotatable bonds is 5. The van der Waals surface area contributed by atoms with E-state index in [1.165, 1.54) is 24.1 Å². The molecule has 0 spiro atoms. The fraction of sp³-hybridized carbons (Fsp3) is 0.333. The Kier molecular flexibility index (Phi) is 5.24. The van der Waals surface area contributed by atoms with E-state index >= 15 is 0 Å². The highest BCUT2D eigenvalue weighted by atomic mass is 19.1. The van der Waals surface area contributed by atoms with Crippen LogP contribution in [-0.4, -0.2) is 38.8 Å². The number of benzene rings is 1. The number of hydrogen-bond acceptors (Lipinski definition) is 5. The Labute approximate surface area is 167 Å². The van der Waals surface area contributed by atoms with Gasteiger partial charge in [-0.05, 0) is 44.0 Å². The lowest BCUT2D eigenvalue weighted by Gasteiger charge is -2.11. The van der Waals surface area contributed by atoms with Crippen molar-refractivity contribution < 1.29 is 13.9 Å². The zero-order valence-corrected chi connectivity index (χ0v) is 16.4. The molecule has 1 aliphatic carbocycles. The molecule has 29 heavy (non-hydrogen) atoms. The molecule has 7 nitrogen and oxygen atoms in total. The van der Waals surface area contributed by atoms with Gasteiger partial charge in [-0.1, -0.05) is 12.8 Å². The minimum atomic E-state index is -0.466. The second-order valence-electron chi connectivity index (χ2n) is 7.10. The van der Waals surface area contributed by atoms with E-state index in [0.29, 0.717) is 28.5 Å². The molecule has 1 N–H and O–H groups in total. The summed E-state index contributed by atoms with van der Waals surface area (Å²) in [5.74, 6) is -0.111. The number of nitrogens with one attached hydrogen (secondary N) is 1. The molecule has 1 amide bonds. The van der Waals surface area contributed by atoms with Gasteiger partial charge in [0.25, 0.3) is 11.9 Å². The molecule has 150 valence electrons. The highest BCUT2D eigenvalue weighted by Gasteiger charge is 2.21. The number of hydrogen-bond donors (Lipinski definition) is 1. The van der Waals surface area contributed by atoms with Gasteiger partial charge in [-0.3, -0.25) is 4.79 Å². The van der Waals surface area contributed by atoms with Gasteiger partial charge in [0, 0.05) is 17.8 Å². The maximum absolute atomic E-state index is 14.1. The van der Waals surface area contributed by atoms with Crippen LogP contribution in [0.15, 0.2) is 36.7 Å². The van der Waals surface area contributed by atoms with Crippen molar-refractivity contribution in [2.45, 2.75) is 38.6 Å². The lowest BCUT2D eigenvalue weighted by Crippen LogP contribution is -2.32. The molecule has 0 atom stereocenters. The Morgan fingerprint density at radius 3 is 2.79 bits per heavy atom. The third-order valence-corrected chi connectivity index (χ3v) is 5.22. The first-order valence-corrected chi connectivity index (χ1v) is 9.59. The van der Waals surface area contributed by atoms with Gasteiger partial charge in [0.15, 0.2) is 11.6 Å². The van der Waals surface area contributed by atoms with Crippen molar-refractivity contribution >= 4 is 5.91 Å². The number of carbonyl (C=O) groups is 1. The first kappa shape index (κ1) is 19.0. The Bertz CT molecular complexity index is 1040. The fourth-order valence-corrected chi connectivity index (χ4v) is 3.60. The first-order valence-electron chi connectivity index (χ1n) is 9.59. The summed E-state index contributed by atoms with van der Waals surface area (Å²) in [5, 5.41) is 7.37. The number of halogens is 1. The second-order valence-corrected chi connectivity index (χ2v) is 7.10. The van der Waals surface area contributed by atoms with Gasteiger partial charge in [-0.2, -0.15) is 5.10 Å². The monoisotopic (exact) mass is 395 g/mol. The Balaban J connectivity index is 1.61. The lowest BCUT2D eigenvalue weighted by atomic mass is 10.1. The SMILES string of the molecule is COc1ccc(-c2ccnc(-n3ncc(C(=O)NC4CCCC4)c3C)n2)cc1F. The van der Waals surface area contributed by atoms with E-state index in [2.05, 4.69) is 20.4 Å². The largest absolute Gasteiger partial charge is 0.494 e. The van der Waals surface area contributed by atoms with Crippen LogP contribution in [0.2, 0.25) is 0 Å². The summed E-state index contributed by atoms with van der Waals surface area (Å²) in [6, 6.07) is 6.56. The number of carbonyl (C=O) groups excluding carboxylic acids is 1. The van der Waals surface area contributed by atoms with E-state index < -0.39 is 5.82 Å². The van der Waals surface area contributed by atoms with Crippen LogP contribution >= 0.6 is 0 Å². The molecule has 1 aliphatic rings. The minimum Gasteiger partial charge on any atom is -0.494 e. The average Bonchev–Trinajstić information content (AvgIpc) is 3.37. The Hall–Kier alpha value is -3.29. The predicted molar refractivity (Wildman–Crippen MR) is 106 cm³/mol. The molecule has 1 aromatic carbocycles. The van der Waals surface area contributed by atoms with E-state index in [0.717, 1.165) is 25.7 Å². The third-order valence-electron chi connectivity index (χ3n) is 5.22. The summed E-state index contributed by atoms with van der Waals surface area (Å²) < 4.78 is 20.5. The molecule has 3 aromatic rings. The van der Waals surface area contributed by atoms with Crippen LogP contribution in [0.3, 0.4) is 0 Å². The summed E-state index contributed by atoms with van der Waals surface area (Å²) in [4.78, 5) is 21.4. The van der Waals surface area contributed by atoms with Crippen LogP contribution in [0.5, 0.6) is 5.75 Å². The van der Waals surface area contributed by atoms with E-state index in [1.54, 1.807) is 31.3 Å². The minimum absolute atomic E-state index is 0.131. The zero-order valence-electron chi connectivity index (χ0n) is 16.4. The molecule has 0 bridgehead atoms. The number of aromatic nitrogens is 4. The van der Waals surface area contributed by atoms with Gasteiger partial charge in [0.05, 0.1) is 30.3 Å². The van der Waals surface area contributed by atoms with Crippen LogP contribution in [0, 0.1) is 12.7 Å². The van der Waals surface area contributed by atoms with Gasteiger partial charge in [0.2, 0.25) is 0 Å². The first-order chi connectivity index (χ1) is 14.1. The van der Waals surface area contributed by atoms with Crippen molar-refractivity contribution in [3.8, 4) is 23.0 Å². The molecule has 1 fully saturated rings. The quantitative estimate of drug-likeness (QED) is 0.715. The highest BCUT2D eigenvalue weighted by molar-refractivity contribution is 5.95. The van der Waals surface area contributed by atoms with Crippen molar-refractivity contribution in [1.29, 1.82) is 0 Å². The highest BCUT2D eigenvalue weighted by Crippen LogP contribution is 2.25. The molecular formula is C21H22FN5O2. The summed E-state index contributed by atoms with van der Waals surface area (Å²) in [7, 11) is 1.42. The van der Waals surface area contributed by atoms with Crippen LogP contribution in [0.25, 0.3) is 17.2 Å². The van der Waals surface area contributed by atoms with Crippen LogP contribution in [-0.2, 0) is 0 Å². The molecule has 1 saturated carbocycles. The summed E-state index contributed by atoms with van der Waals surface area (Å²) in [6.45, 7) is 1.81. The van der Waals surface area contributed by atoms with E-state index in [9.17, 15) is 9.18 Å². The molecule has 0 aliphatic heterocycles. The second kappa shape index (κ2) is 7.98. The van der Waals surface area contributed by atoms with Gasteiger partial charge in [-0.15, -0.1) is 0 Å². The maximum Gasteiger partial charge on any atom is 0.254 e. The number of ether oxygens (including phenoxy) is 1. The van der Waals surface area contributed by atoms with Crippen molar-refractivity contribution in [3.05, 3.63) is 53.7 Å².